The molecule has 11 nitrogen and oxygen atoms in total. The molecule has 3 N–H and O–H groups in total. The summed E-state index contributed by atoms with van der Waals surface area (Å²) < 4.78 is 10.5. The van der Waals surface area contributed by atoms with Crippen LogP contribution in [-0.4, -0.2) is 40.9 Å². The van der Waals surface area contributed by atoms with Crippen molar-refractivity contribution in [3.63, 3.8) is 0 Å². The summed E-state index contributed by atoms with van der Waals surface area (Å²) in [5, 5.41) is 26.8. The lowest BCUT2D eigenvalue weighted by Crippen LogP contribution is -2.48. The first kappa shape index (κ1) is 21.6. The smallest absolute Gasteiger partial charge is 0.311 e. The zero-order valence-electron chi connectivity index (χ0n) is 16.7. The Morgan fingerprint density at radius 2 is 1.94 bits per heavy atom. The van der Waals surface area contributed by atoms with Crippen molar-refractivity contribution < 1.29 is 29.1 Å². The van der Waals surface area contributed by atoms with E-state index in [4.69, 9.17) is 9.47 Å². The average molecular weight is 428 g/mol. The average Bonchev–Trinajstić information content (AvgIpc) is 3.20. The summed E-state index contributed by atoms with van der Waals surface area (Å²) in [5.41, 5.74) is 2.44. The van der Waals surface area contributed by atoms with Gasteiger partial charge in [0.1, 0.15) is 6.04 Å². The van der Waals surface area contributed by atoms with Crippen molar-refractivity contribution in [2.45, 2.75) is 19.9 Å². The van der Waals surface area contributed by atoms with Crippen LogP contribution in [0.3, 0.4) is 0 Å². The van der Waals surface area contributed by atoms with E-state index in [9.17, 15) is 24.8 Å². The molecule has 0 aliphatic carbocycles. The van der Waals surface area contributed by atoms with E-state index in [1.54, 1.807) is 26.0 Å². The van der Waals surface area contributed by atoms with Gasteiger partial charge in [-0.2, -0.15) is 5.10 Å². The summed E-state index contributed by atoms with van der Waals surface area (Å²) in [5.74, 6) is -0.761. The third kappa shape index (κ3) is 5.07. The standard InChI is InChI=1S/C20H20N4O7/c1-11(2)18(22-19(26)13-4-6-16-17(8-13)31-10-30-16)20(27)23-21-9-12-3-5-15(25)14(7-12)24(28)29/h3-9,11,18,25H,10H2,1-2H3,(H,22,26)(H,23,27)/b21-9+. The van der Waals surface area contributed by atoms with E-state index >= 15 is 0 Å². The summed E-state index contributed by atoms with van der Waals surface area (Å²) in [4.78, 5) is 35.3. The summed E-state index contributed by atoms with van der Waals surface area (Å²) in [7, 11) is 0. The van der Waals surface area contributed by atoms with Crippen LogP contribution in [0.5, 0.6) is 17.2 Å². The van der Waals surface area contributed by atoms with E-state index in [-0.39, 0.29) is 12.7 Å². The number of phenols is 1. The lowest BCUT2D eigenvalue weighted by Gasteiger charge is -2.20. The molecule has 11 heteroatoms. The highest BCUT2D eigenvalue weighted by Crippen LogP contribution is 2.32. The van der Waals surface area contributed by atoms with Crippen LogP contribution in [-0.2, 0) is 4.79 Å². The Bertz CT molecular complexity index is 1050. The van der Waals surface area contributed by atoms with E-state index < -0.39 is 34.2 Å². The van der Waals surface area contributed by atoms with Gasteiger partial charge in [0.05, 0.1) is 11.1 Å². The number of hydrazone groups is 1. The van der Waals surface area contributed by atoms with Crippen molar-refractivity contribution >= 4 is 23.7 Å². The molecule has 1 unspecified atom stereocenters. The molecule has 31 heavy (non-hydrogen) atoms. The molecule has 0 saturated heterocycles. The quantitative estimate of drug-likeness (QED) is 0.346. The maximum Gasteiger partial charge on any atom is 0.311 e. The van der Waals surface area contributed by atoms with Crippen LogP contribution in [0.2, 0.25) is 0 Å². The maximum atomic E-state index is 12.6. The number of rotatable bonds is 7. The van der Waals surface area contributed by atoms with Gasteiger partial charge in [0.2, 0.25) is 6.79 Å². The predicted octanol–water partition coefficient (Wildman–Crippen LogP) is 1.93. The molecule has 0 bridgehead atoms. The molecule has 0 fully saturated rings. The third-order valence-electron chi connectivity index (χ3n) is 4.46. The van der Waals surface area contributed by atoms with Crippen molar-refractivity contribution in [2.24, 2.45) is 11.0 Å². The molecule has 2 aromatic rings. The van der Waals surface area contributed by atoms with Crippen LogP contribution >= 0.6 is 0 Å². The number of amides is 2. The lowest BCUT2D eigenvalue weighted by atomic mass is 10.0. The van der Waals surface area contributed by atoms with Gasteiger partial charge in [0.25, 0.3) is 11.8 Å². The number of benzene rings is 2. The minimum atomic E-state index is -0.885. The van der Waals surface area contributed by atoms with Crippen molar-refractivity contribution in [1.82, 2.24) is 10.7 Å². The highest BCUT2D eigenvalue weighted by atomic mass is 16.7. The number of nitro benzene ring substituents is 1. The summed E-state index contributed by atoms with van der Waals surface area (Å²) in [6.07, 6.45) is 1.20. The Hall–Kier alpha value is -4.15. The van der Waals surface area contributed by atoms with Crippen LogP contribution in [0, 0.1) is 16.0 Å². The lowest BCUT2D eigenvalue weighted by molar-refractivity contribution is -0.385. The number of nitrogens with one attached hydrogen (secondary N) is 2. The molecule has 0 aromatic heterocycles. The third-order valence-corrected chi connectivity index (χ3v) is 4.46. The normalized spacial score (nSPS) is 13.3. The van der Waals surface area contributed by atoms with Crippen molar-refractivity contribution in [1.29, 1.82) is 0 Å². The fourth-order valence-electron chi connectivity index (χ4n) is 2.80. The van der Waals surface area contributed by atoms with Gasteiger partial charge in [-0.25, -0.2) is 5.43 Å². The molecule has 1 atom stereocenters. The Morgan fingerprint density at radius 3 is 2.65 bits per heavy atom. The first-order valence-corrected chi connectivity index (χ1v) is 9.27. The molecule has 1 aliphatic rings. The monoisotopic (exact) mass is 428 g/mol. The molecule has 0 radical (unpaired) electrons. The number of hydrogen-bond donors (Lipinski definition) is 3. The minimum absolute atomic E-state index is 0.0830. The van der Waals surface area contributed by atoms with Crippen LogP contribution in [0.4, 0.5) is 5.69 Å². The van der Waals surface area contributed by atoms with Gasteiger partial charge in [-0.05, 0) is 36.2 Å². The molecule has 3 rings (SSSR count). The number of ether oxygens (including phenoxy) is 2. The number of nitrogens with zero attached hydrogens (tertiary/aromatic N) is 2. The summed E-state index contributed by atoms with van der Waals surface area (Å²) in [6, 6.07) is 7.50. The van der Waals surface area contributed by atoms with Crippen LogP contribution in [0.25, 0.3) is 0 Å². The van der Waals surface area contributed by atoms with E-state index in [1.807, 2.05) is 0 Å². The molecular weight excluding hydrogens is 408 g/mol. The van der Waals surface area contributed by atoms with E-state index in [0.29, 0.717) is 22.6 Å². The zero-order valence-corrected chi connectivity index (χ0v) is 16.7. The number of carbonyl (C=O) groups is 2. The van der Waals surface area contributed by atoms with Crippen molar-refractivity contribution in [3.8, 4) is 17.2 Å². The second kappa shape index (κ2) is 9.11. The fourth-order valence-corrected chi connectivity index (χ4v) is 2.80. The largest absolute Gasteiger partial charge is 0.502 e. The Balaban J connectivity index is 1.65. The maximum absolute atomic E-state index is 12.6. The Kier molecular flexibility index (Phi) is 6.34. The van der Waals surface area contributed by atoms with Gasteiger partial charge in [0, 0.05) is 17.2 Å². The topological polar surface area (TPSA) is 152 Å². The molecule has 0 saturated carbocycles. The van der Waals surface area contributed by atoms with E-state index in [2.05, 4.69) is 15.8 Å². The first-order chi connectivity index (χ1) is 14.8. The fraction of sp³-hybridized carbons (Fsp3) is 0.250. The number of nitro groups is 1. The summed E-state index contributed by atoms with van der Waals surface area (Å²) >= 11 is 0. The molecule has 0 spiro atoms. The number of carbonyl (C=O) groups excluding carboxylic acids is 2. The number of aromatic hydroxyl groups is 1. The van der Waals surface area contributed by atoms with E-state index in [1.165, 1.54) is 18.3 Å². The van der Waals surface area contributed by atoms with E-state index in [0.717, 1.165) is 12.1 Å². The second-order valence-corrected chi connectivity index (χ2v) is 7.00. The van der Waals surface area contributed by atoms with Crippen LogP contribution < -0.4 is 20.2 Å². The van der Waals surface area contributed by atoms with Crippen molar-refractivity contribution in [3.05, 3.63) is 57.6 Å². The van der Waals surface area contributed by atoms with Crippen LogP contribution in [0.1, 0.15) is 29.8 Å². The van der Waals surface area contributed by atoms with Gasteiger partial charge < -0.3 is 19.9 Å². The number of phenolic OH excluding ortho intramolecular Hbond substituents is 1. The molecule has 1 aliphatic heterocycles. The SMILES string of the molecule is CC(C)C(NC(=O)c1ccc2c(c1)OCO2)C(=O)N/N=C/c1ccc(O)c([N+](=O)[O-])c1. The summed E-state index contributed by atoms with van der Waals surface area (Å²) in [6.45, 7) is 3.61. The van der Waals surface area contributed by atoms with Crippen LogP contribution in [0.15, 0.2) is 41.5 Å². The van der Waals surface area contributed by atoms with Gasteiger partial charge in [-0.1, -0.05) is 13.8 Å². The molecule has 2 aromatic carbocycles. The highest BCUT2D eigenvalue weighted by molar-refractivity contribution is 5.98. The Labute approximate surface area is 176 Å². The van der Waals surface area contributed by atoms with Gasteiger partial charge in [-0.3, -0.25) is 19.7 Å². The van der Waals surface area contributed by atoms with Gasteiger partial charge in [-0.15, -0.1) is 0 Å². The predicted molar refractivity (Wildman–Crippen MR) is 109 cm³/mol. The Morgan fingerprint density at radius 1 is 1.19 bits per heavy atom. The first-order valence-electron chi connectivity index (χ1n) is 9.27. The molecule has 2 amide bonds. The highest BCUT2D eigenvalue weighted by Gasteiger charge is 2.25. The molecule has 162 valence electrons. The molecular formula is C20H20N4O7. The zero-order chi connectivity index (χ0) is 22.5. The van der Waals surface area contributed by atoms with Gasteiger partial charge >= 0.3 is 5.69 Å². The van der Waals surface area contributed by atoms with Gasteiger partial charge in [0.15, 0.2) is 17.2 Å². The minimum Gasteiger partial charge on any atom is -0.502 e. The van der Waals surface area contributed by atoms with Crippen molar-refractivity contribution in [2.75, 3.05) is 6.79 Å². The number of hydrogen-bond acceptors (Lipinski definition) is 8. The second-order valence-electron chi connectivity index (χ2n) is 7.00. The number of fused-ring (bicyclic) bond motifs is 1. The molecule has 1 heterocycles.